The molecule has 4 aromatic rings. The van der Waals surface area contributed by atoms with E-state index >= 15 is 0 Å². The molecule has 2 heterocycles. The van der Waals surface area contributed by atoms with Crippen molar-refractivity contribution in [3.8, 4) is 11.1 Å². The van der Waals surface area contributed by atoms with E-state index in [2.05, 4.69) is 40.2 Å². The van der Waals surface area contributed by atoms with Crippen molar-refractivity contribution in [1.82, 2.24) is 3.97 Å². The van der Waals surface area contributed by atoms with Crippen LogP contribution < -0.4 is 0 Å². The van der Waals surface area contributed by atoms with Gasteiger partial charge in [0.15, 0.2) is 0 Å². The Morgan fingerprint density at radius 2 is 1.53 bits per heavy atom. The molecule has 32 heavy (non-hydrogen) atoms. The Bertz CT molecular complexity index is 1340. The molecule has 7 heteroatoms. The summed E-state index contributed by atoms with van der Waals surface area (Å²) in [6.45, 7) is 0. The summed E-state index contributed by atoms with van der Waals surface area (Å²) in [6.07, 6.45) is 1.27. The van der Waals surface area contributed by atoms with Gasteiger partial charge in [-0.3, -0.25) is 0 Å². The van der Waals surface area contributed by atoms with Crippen LogP contribution in [-0.2, 0) is 15.4 Å². The smallest absolute Gasteiger partial charge is 0.236 e. The van der Waals surface area contributed by atoms with Crippen molar-refractivity contribution in [2.24, 2.45) is 0 Å². The van der Waals surface area contributed by atoms with Crippen molar-refractivity contribution < 1.29 is 8.42 Å². The fraction of sp³-hybridized carbons (Fsp3) is 0.200. The molecule has 3 aromatic carbocycles. The average Bonchev–Trinajstić information content (AvgIpc) is 3.20. The first kappa shape index (κ1) is 22.1. The van der Waals surface area contributed by atoms with Gasteiger partial charge in [0.25, 0.3) is 10.0 Å². The van der Waals surface area contributed by atoms with Crippen LogP contribution in [0.5, 0.6) is 0 Å². The van der Waals surface area contributed by atoms with Gasteiger partial charge in [0.1, 0.15) is 0 Å². The number of hydrogen-bond acceptors (Lipinski definition) is 4. The fourth-order valence-corrected chi connectivity index (χ4v) is 9.33. The van der Waals surface area contributed by atoms with Gasteiger partial charge in [0, 0.05) is 16.3 Å². The van der Waals surface area contributed by atoms with E-state index in [4.69, 9.17) is 0 Å². The maximum absolute atomic E-state index is 13.7. The molecular formula is C25H22BrNO2S3. The second-order valence-electron chi connectivity index (χ2n) is 7.60. The van der Waals surface area contributed by atoms with Gasteiger partial charge in [-0.05, 0) is 47.3 Å². The Morgan fingerprint density at radius 1 is 0.875 bits per heavy atom. The highest BCUT2D eigenvalue weighted by atomic mass is 79.9. The first-order valence-corrected chi connectivity index (χ1v) is 15.1. The molecule has 0 N–H and O–H groups in total. The van der Waals surface area contributed by atoms with E-state index in [1.807, 2.05) is 53.9 Å². The predicted octanol–water partition coefficient (Wildman–Crippen LogP) is 7.31. The second kappa shape index (κ2) is 9.29. The van der Waals surface area contributed by atoms with Crippen molar-refractivity contribution in [2.45, 2.75) is 21.2 Å². The van der Waals surface area contributed by atoms with Crippen LogP contribution >= 0.6 is 39.5 Å². The largest absolute Gasteiger partial charge is 0.268 e. The van der Waals surface area contributed by atoms with Crippen LogP contribution in [0.4, 0.5) is 0 Å². The molecular weight excluding hydrogens is 522 g/mol. The van der Waals surface area contributed by atoms with E-state index in [-0.39, 0.29) is 4.90 Å². The standard InChI is InChI=1S/C25H22BrNO2S3/c26-17-23-24(18-11-13-19(14-12-18)25-30-15-6-16-31-25)21-9-4-5-10-22(21)27(23)32(28,29)20-7-2-1-3-8-20/h1-5,7-14,25H,6,15-17H2. The zero-order valence-corrected chi connectivity index (χ0v) is 21.3. The van der Waals surface area contributed by atoms with Crippen molar-refractivity contribution >= 4 is 60.4 Å². The SMILES string of the molecule is O=S(=O)(c1ccccc1)n1c(CBr)c(-c2ccc(C3SCCCS3)cc2)c2ccccc21. The van der Waals surface area contributed by atoms with Crippen molar-refractivity contribution in [3.05, 3.63) is 90.1 Å². The van der Waals surface area contributed by atoms with Crippen LogP contribution in [0, 0.1) is 0 Å². The highest BCUT2D eigenvalue weighted by molar-refractivity contribution is 9.08. The number of hydrogen-bond donors (Lipinski definition) is 0. The van der Waals surface area contributed by atoms with Crippen LogP contribution in [-0.4, -0.2) is 23.9 Å². The Kier molecular flexibility index (Phi) is 6.43. The zero-order chi connectivity index (χ0) is 22.1. The van der Waals surface area contributed by atoms with Gasteiger partial charge in [0.05, 0.1) is 20.7 Å². The molecule has 1 saturated heterocycles. The molecule has 0 bridgehead atoms. The summed E-state index contributed by atoms with van der Waals surface area (Å²) in [7, 11) is -3.74. The molecule has 1 fully saturated rings. The van der Waals surface area contributed by atoms with E-state index in [1.54, 1.807) is 24.3 Å². The summed E-state index contributed by atoms with van der Waals surface area (Å²) in [5, 5.41) is 1.37. The van der Waals surface area contributed by atoms with Gasteiger partial charge in [-0.25, -0.2) is 12.4 Å². The minimum Gasteiger partial charge on any atom is -0.236 e. The lowest BCUT2D eigenvalue weighted by Crippen LogP contribution is -2.15. The molecule has 0 unspecified atom stereocenters. The molecule has 0 radical (unpaired) electrons. The van der Waals surface area contributed by atoms with E-state index in [1.165, 1.54) is 27.5 Å². The number of benzene rings is 3. The van der Waals surface area contributed by atoms with Crippen LogP contribution in [0.1, 0.15) is 22.3 Å². The third-order valence-corrected chi connectivity index (χ3v) is 10.9. The average molecular weight is 545 g/mol. The Hall–Kier alpha value is -1.67. The fourth-order valence-electron chi connectivity index (χ4n) is 4.17. The van der Waals surface area contributed by atoms with E-state index < -0.39 is 10.0 Å². The van der Waals surface area contributed by atoms with E-state index in [0.29, 0.717) is 15.4 Å². The quantitative estimate of drug-likeness (QED) is 0.247. The number of nitrogens with zero attached hydrogens (tertiary/aromatic N) is 1. The van der Waals surface area contributed by atoms with Crippen LogP contribution in [0.3, 0.4) is 0 Å². The summed E-state index contributed by atoms with van der Waals surface area (Å²) in [4.78, 5) is 0.288. The lowest BCUT2D eigenvalue weighted by Gasteiger charge is -2.21. The first-order chi connectivity index (χ1) is 15.6. The number of halogens is 1. The highest BCUT2D eigenvalue weighted by Gasteiger charge is 2.27. The molecule has 164 valence electrons. The van der Waals surface area contributed by atoms with Gasteiger partial charge in [0.2, 0.25) is 0 Å². The number of aromatic nitrogens is 1. The Labute approximate surface area is 205 Å². The van der Waals surface area contributed by atoms with Gasteiger partial charge in [-0.1, -0.05) is 76.6 Å². The summed E-state index contributed by atoms with van der Waals surface area (Å²) in [6, 6.07) is 25.1. The normalized spacial score (nSPS) is 15.3. The summed E-state index contributed by atoms with van der Waals surface area (Å²) >= 11 is 7.60. The molecule has 0 amide bonds. The highest BCUT2D eigenvalue weighted by Crippen LogP contribution is 2.45. The maximum Gasteiger partial charge on any atom is 0.268 e. The van der Waals surface area contributed by atoms with E-state index in [0.717, 1.165) is 22.2 Å². The number of rotatable bonds is 5. The van der Waals surface area contributed by atoms with Gasteiger partial charge < -0.3 is 0 Å². The molecule has 1 aromatic heterocycles. The lowest BCUT2D eigenvalue weighted by atomic mass is 10.0. The molecule has 1 aliphatic heterocycles. The second-order valence-corrected chi connectivity index (χ2v) is 12.7. The topological polar surface area (TPSA) is 39.1 Å². The zero-order valence-electron chi connectivity index (χ0n) is 17.3. The molecule has 0 atom stereocenters. The van der Waals surface area contributed by atoms with E-state index in [9.17, 15) is 8.42 Å². The lowest BCUT2D eigenvalue weighted by molar-refractivity contribution is 0.588. The minimum absolute atomic E-state index is 0.288. The first-order valence-electron chi connectivity index (χ1n) is 10.4. The summed E-state index contributed by atoms with van der Waals surface area (Å²) < 4.78 is 29.3. The van der Waals surface area contributed by atoms with Crippen LogP contribution in [0.25, 0.3) is 22.0 Å². The maximum atomic E-state index is 13.7. The number of alkyl halides is 1. The molecule has 1 aliphatic rings. The van der Waals surface area contributed by atoms with Gasteiger partial charge in [-0.15, -0.1) is 23.5 Å². The third-order valence-electron chi connectivity index (χ3n) is 5.63. The Balaban J connectivity index is 1.68. The molecule has 0 saturated carbocycles. The minimum atomic E-state index is -3.74. The predicted molar refractivity (Wildman–Crippen MR) is 141 cm³/mol. The molecule has 0 aliphatic carbocycles. The third kappa shape index (κ3) is 3.94. The monoisotopic (exact) mass is 543 g/mol. The number of thioether (sulfide) groups is 2. The molecule has 3 nitrogen and oxygen atoms in total. The van der Waals surface area contributed by atoms with Crippen LogP contribution in [0.2, 0.25) is 0 Å². The number of para-hydroxylation sites is 1. The van der Waals surface area contributed by atoms with Crippen molar-refractivity contribution in [2.75, 3.05) is 11.5 Å². The van der Waals surface area contributed by atoms with Gasteiger partial charge >= 0.3 is 0 Å². The molecule has 5 rings (SSSR count). The van der Waals surface area contributed by atoms with Crippen LogP contribution in [0.15, 0.2) is 83.8 Å². The van der Waals surface area contributed by atoms with Crippen molar-refractivity contribution in [1.29, 1.82) is 0 Å². The Morgan fingerprint density at radius 3 is 2.22 bits per heavy atom. The summed E-state index contributed by atoms with van der Waals surface area (Å²) in [5.41, 5.74) is 4.76. The van der Waals surface area contributed by atoms with Gasteiger partial charge in [-0.2, -0.15) is 0 Å². The molecule has 0 spiro atoms. The van der Waals surface area contributed by atoms with Crippen molar-refractivity contribution in [3.63, 3.8) is 0 Å². The summed E-state index contributed by atoms with van der Waals surface area (Å²) in [5.74, 6) is 2.41. The number of fused-ring (bicyclic) bond motifs is 1.